The third kappa shape index (κ3) is 4.07. The van der Waals surface area contributed by atoms with Crippen LogP contribution in [-0.2, 0) is 0 Å². The molecule has 4 aromatic heterocycles. The Morgan fingerprint density at radius 1 is 0.481 bits per heavy atom. The predicted octanol–water partition coefficient (Wildman–Crippen LogP) is 11.4. The number of halogens is 1. The molecule has 0 unspecified atom stereocenters. The Hall–Kier alpha value is -7.12. The molecule has 0 aliphatic rings. The molecule has 4 heterocycles. The largest absolute Gasteiger partial charge is 0.456 e. The molecule has 0 N–H and O–H groups in total. The molecule has 0 amide bonds. The second kappa shape index (κ2) is 10.9. The van der Waals surface area contributed by atoms with Crippen LogP contribution in [0.25, 0.3) is 100.0 Å². The third-order valence-corrected chi connectivity index (χ3v) is 9.01. The molecule has 0 aliphatic carbocycles. The monoisotopic (exact) mass is 687 g/mol. The Bertz CT molecular complexity index is 3810. The summed E-state index contributed by atoms with van der Waals surface area (Å²) in [5.74, 6) is -2.71. The van der Waals surface area contributed by atoms with Gasteiger partial charge in [0.2, 0.25) is 11.9 Å². The molecule has 7 aromatic carbocycles. The SMILES string of the molecule is [2H]c1c([2H])c([2H])c2c(c1[2H])c1c([2H])c([2H])c([2H])c([2H])c1n2-c1nc(-c2c(F)cccc2-c2cccc3oc4ccccc4c23)nc(-n2c3c([2H])c([2H])c([2H])c([2H])c3c3c([2H])c([2H])c([2H])c([2H])c32)n1. The average Bonchev–Trinajstić information content (AvgIpc) is 4.02. The van der Waals surface area contributed by atoms with Gasteiger partial charge in [0.15, 0.2) is 5.82 Å². The van der Waals surface area contributed by atoms with Crippen LogP contribution >= 0.6 is 0 Å². The van der Waals surface area contributed by atoms with Crippen LogP contribution in [0.5, 0.6) is 0 Å². The smallest absolute Gasteiger partial charge is 0.240 e. The van der Waals surface area contributed by atoms with E-state index in [0.717, 1.165) is 15.2 Å². The van der Waals surface area contributed by atoms with E-state index in [1.165, 1.54) is 6.07 Å². The Labute approximate surface area is 318 Å². The third-order valence-electron chi connectivity index (χ3n) is 9.01. The second-order valence-electron chi connectivity index (χ2n) is 11.8. The first kappa shape index (κ1) is 17.2. The molecular formula is C45H26FN5O. The summed E-state index contributed by atoms with van der Waals surface area (Å²) in [5.41, 5.74) is -0.397. The summed E-state index contributed by atoms with van der Waals surface area (Å²) in [4.78, 5) is 14.2. The summed E-state index contributed by atoms with van der Waals surface area (Å²) in [7, 11) is 0. The van der Waals surface area contributed by atoms with Crippen molar-refractivity contribution in [3.63, 3.8) is 0 Å². The normalized spacial score (nSPS) is 16.2. The molecule has 0 saturated heterocycles. The quantitative estimate of drug-likeness (QED) is 0.185. The summed E-state index contributed by atoms with van der Waals surface area (Å²) >= 11 is 0. The van der Waals surface area contributed by atoms with Crippen LogP contribution in [0.15, 0.2) is 162 Å². The van der Waals surface area contributed by atoms with Gasteiger partial charge in [-0.1, -0.05) is 115 Å². The van der Waals surface area contributed by atoms with Crippen molar-refractivity contribution >= 4 is 65.6 Å². The molecule has 0 fully saturated rings. The highest BCUT2D eigenvalue weighted by molar-refractivity contribution is 6.14. The van der Waals surface area contributed by atoms with E-state index in [1.54, 1.807) is 42.5 Å². The summed E-state index contributed by atoms with van der Waals surface area (Å²) in [6, 6.07) is 4.94. The van der Waals surface area contributed by atoms with Gasteiger partial charge in [-0.15, -0.1) is 0 Å². The van der Waals surface area contributed by atoms with Crippen molar-refractivity contribution in [2.45, 2.75) is 0 Å². The minimum atomic E-state index is -0.910. The van der Waals surface area contributed by atoms with Crippen LogP contribution in [0.1, 0.15) is 21.9 Å². The van der Waals surface area contributed by atoms with Crippen LogP contribution in [0.3, 0.4) is 0 Å². The maximum Gasteiger partial charge on any atom is 0.240 e. The second-order valence-corrected chi connectivity index (χ2v) is 11.8. The molecule has 0 atom stereocenters. The van der Waals surface area contributed by atoms with Crippen molar-refractivity contribution in [2.24, 2.45) is 0 Å². The summed E-state index contributed by atoms with van der Waals surface area (Å²) in [5, 5.41) is -0.113. The summed E-state index contributed by atoms with van der Waals surface area (Å²) in [6.45, 7) is 0. The highest BCUT2D eigenvalue weighted by atomic mass is 19.1. The van der Waals surface area contributed by atoms with Crippen LogP contribution in [0.2, 0.25) is 0 Å². The fourth-order valence-electron chi connectivity index (χ4n) is 6.88. The topological polar surface area (TPSA) is 61.7 Å². The number of rotatable bonds is 4. The first-order valence-corrected chi connectivity index (χ1v) is 15.8. The molecule has 11 aromatic rings. The molecule has 7 heteroatoms. The number of benzene rings is 7. The molecule has 0 spiro atoms. The lowest BCUT2D eigenvalue weighted by atomic mass is 9.94. The van der Waals surface area contributed by atoms with Gasteiger partial charge in [0.25, 0.3) is 0 Å². The number of hydrogen-bond donors (Lipinski definition) is 0. The van der Waals surface area contributed by atoms with E-state index in [4.69, 9.17) is 35.8 Å². The molecule has 6 nitrogen and oxygen atoms in total. The number of para-hydroxylation sites is 5. The van der Waals surface area contributed by atoms with Gasteiger partial charge in [0.1, 0.15) is 17.0 Å². The Morgan fingerprint density at radius 2 is 0.962 bits per heavy atom. The fraction of sp³-hybridized carbons (Fsp3) is 0. The lowest BCUT2D eigenvalue weighted by molar-refractivity contribution is 0.630. The Morgan fingerprint density at radius 3 is 1.54 bits per heavy atom. The van der Waals surface area contributed by atoms with E-state index in [2.05, 4.69) is 0 Å². The lowest BCUT2D eigenvalue weighted by Crippen LogP contribution is -2.11. The highest BCUT2D eigenvalue weighted by Gasteiger charge is 2.24. The number of nitrogens with zero attached hydrogens (tertiary/aromatic N) is 5. The zero-order valence-electron chi connectivity index (χ0n) is 42.3. The summed E-state index contributed by atoms with van der Waals surface area (Å²) in [6.07, 6.45) is 0. The van der Waals surface area contributed by atoms with Crippen LogP contribution in [0.4, 0.5) is 4.39 Å². The van der Waals surface area contributed by atoms with Crippen molar-refractivity contribution in [3.8, 4) is 34.4 Å². The van der Waals surface area contributed by atoms with Gasteiger partial charge in [0.05, 0.1) is 49.6 Å². The van der Waals surface area contributed by atoms with E-state index in [-0.39, 0.29) is 32.7 Å². The molecule has 52 heavy (non-hydrogen) atoms. The molecule has 0 radical (unpaired) electrons. The first-order chi connectivity index (χ1) is 32.4. The molecule has 11 rings (SSSR count). The zero-order chi connectivity index (χ0) is 48.3. The Kier molecular flexibility index (Phi) is 3.62. The lowest BCUT2D eigenvalue weighted by Gasteiger charge is -2.15. The number of fused-ring (bicyclic) bond motifs is 9. The highest BCUT2D eigenvalue weighted by Crippen LogP contribution is 2.42. The minimum absolute atomic E-state index is 0.183. The van der Waals surface area contributed by atoms with E-state index >= 15 is 4.39 Å². The number of aromatic nitrogens is 5. The predicted molar refractivity (Wildman–Crippen MR) is 207 cm³/mol. The van der Waals surface area contributed by atoms with E-state index in [1.807, 2.05) is 6.07 Å². The van der Waals surface area contributed by atoms with Crippen molar-refractivity contribution in [2.75, 3.05) is 0 Å². The molecule has 0 bridgehead atoms. The van der Waals surface area contributed by atoms with Gasteiger partial charge >= 0.3 is 0 Å². The minimum Gasteiger partial charge on any atom is -0.456 e. The molecule has 0 saturated carbocycles. The van der Waals surface area contributed by atoms with Gasteiger partial charge in [-0.25, -0.2) is 4.39 Å². The van der Waals surface area contributed by atoms with Gasteiger partial charge in [-0.05, 0) is 53.5 Å². The summed E-state index contributed by atoms with van der Waals surface area (Å²) < 4.78 is 167. The van der Waals surface area contributed by atoms with E-state index in [9.17, 15) is 5.48 Å². The van der Waals surface area contributed by atoms with Crippen LogP contribution < -0.4 is 0 Å². The van der Waals surface area contributed by atoms with Crippen LogP contribution in [0, 0.1) is 5.82 Å². The van der Waals surface area contributed by atoms with Crippen molar-refractivity contribution in [1.29, 1.82) is 0 Å². The fourth-order valence-corrected chi connectivity index (χ4v) is 6.88. The molecule has 0 aliphatic heterocycles. The average molecular weight is 688 g/mol. The first-order valence-electron chi connectivity index (χ1n) is 23.8. The van der Waals surface area contributed by atoms with Crippen molar-refractivity contribution in [1.82, 2.24) is 24.1 Å². The maximum absolute atomic E-state index is 17.1. The van der Waals surface area contributed by atoms with E-state index < -0.39 is 142 Å². The van der Waals surface area contributed by atoms with Crippen molar-refractivity contribution in [3.05, 3.63) is 163 Å². The number of hydrogen-bond acceptors (Lipinski definition) is 4. The Balaban J connectivity index is 1.39. The van der Waals surface area contributed by atoms with Crippen molar-refractivity contribution < 1.29 is 30.7 Å². The van der Waals surface area contributed by atoms with Crippen LogP contribution in [-0.4, -0.2) is 24.1 Å². The standard InChI is InChI=1S/C45H26FN5O/c46-34-20-11-18-32(31-19-12-26-40-41(31)33-17-5-10-25-39(33)52-40)42(34)43-47-44(50-35-21-6-1-13-27(35)28-14-2-7-22-36(28)50)49-45(48-43)51-37-23-8-3-15-29(37)30-16-4-9-24-38(30)51/h1-26H/i1D,2D,3D,4D,6D,7D,8D,9D,13D,14D,15D,16D,21D,22D,23D,24D. The van der Waals surface area contributed by atoms with E-state index in [0.29, 0.717) is 27.5 Å². The van der Waals surface area contributed by atoms with Gasteiger partial charge in [0, 0.05) is 32.3 Å². The molecule has 244 valence electrons. The maximum atomic E-state index is 17.1. The zero-order valence-corrected chi connectivity index (χ0v) is 26.3. The van der Waals surface area contributed by atoms with Gasteiger partial charge in [-0.2, -0.15) is 15.0 Å². The molecular weight excluding hydrogens is 646 g/mol. The van der Waals surface area contributed by atoms with Gasteiger partial charge in [-0.3, -0.25) is 9.13 Å². The van der Waals surface area contributed by atoms with Gasteiger partial charge < -0.3 is 4.42 Å². The number of furan rings is 1.